The summed E-state index contributed by atoms with van der Waals surface area (Å²) in [5, 5.41) is 135. The summed E-state index contributed by atoms with van der Waals surface area (Å²) in [5.74, 6) is 1.37. The van der Waals surface area contributed by atoms with Crippen LogP contribution in [0, 0.1) is 0 Å². The van der Waals surface area contributed by atoms with Crippen molar-refractivity contribution in [3.05, 3.63) is 0 Å². The van der Waals surface area contributed by atoms with Crippen molar-refractivity contribution >= 4 is 23.5 Å². The van der Waals surface area contributed by atoms with Gasteiger partial charge in [-0.2, -0.15) is 11.8 Å². The molecule has 0 aromatic carbocycles. The lowest BCUT2D eigenvalue weighted by Crippen LogP contribution is -2.67. The molecule has 0 aromatic heterocycles. The molecule has 20 atom stereocenters. The van der Waals surface area contributed by atoms with Gasteiger partial charge in [0.2, 0.25) is 0 Å². The first-order valence-electron chi connectivity index (χ1n) is 16.9. The minimum absolute atomic E-state index is 0.0741. The van der Waals surface area contributed by atoms with Gasteiger partial charge < -0.3 is 105 Å². The summed E-state index contributed by atoms with van der Waals surface area (Å²) < 4.78 is 40.6. The van der Waals surface area contributed by atoms with Crippen LogP contribution in [0.1, 0.15) is 6.42 Å². The third-order valence-electron chi connectivity index (χ3n) is 9.17. The van der Waals surface area contributed by atoms with Gasteiger partial charge in [0, 0.05) is 12.3 Å². The van der Waals surface area contributed by atoms with Crippen LogP contribution >= 0.6 is 23.5 Å². The second-order valence-corrected chi connectivity index (χ2v) is 15.3. The molecule has 15 N–H and O–H groups in total. The van der Waals surface area contributed by atoms with E-state index in [1.807, 2.05) is 0 Å². The summed E-state index contributed by atoms with van der Waals surface area (Å²) in [6, 6.07) is 0. The number of thioether (sulfide) groups is 2. The van der Waals surface area contributed by atoms with Crippen molar-refractivity contribution in [1.29, 1.82) is 0 Å². The number of nitrogens with two attached hydrogens (primary N) is 1. The van der Waals surface area contributed by atoms with E-state index in [4.69, 9.17) is 38.9 Å². The number of rotatable bonds is 17. The summed E-state index contributed by atoms with van der Waals surface area (Å²) in [4.78, 5) is 0. The number of ether oxygens (including phenoxy) is 7. The average molecular weight is 800 g/mol. The fourth-order valence-corrected chi connectivity index (χ4v) is 8.26. The van der Waals surface area contributed by atoms with E-state index in [2.05, 4.69) is 0 Å². The molecule has 52 heavy (non-hydrogen) atoms. The van der Waals surface area contributed by atoms with Crippen LogP contribution in [0.5, 0.6) is 0 Å². The Morgan fingerprint density at radius 1 is 0.500 bits per heavy atom. The summed E-state index contributed by atoms with van der Waals surface area (Å²) in [7, 11) is 0. The first kappa shape index (κ1) is 44.6. The van der Waals surface area contributed by atoms with Crippen molar-refractivity contribution in [2.45, 2.75) is 128 Å². The number of hydrogen-bond acceptors (Lipinski definition) is 23. The fourth-order valence-electron chi connectivity index (χ4n) is 6.15. The van der Waals surface area contributed by atoms with Crippen molar-refractivity contribution in [3.63, 3.8) is 0 Å². The molecule has 4 rings (SSSR count). The van der Waals surface area contributed by atoms with E-state index in [-0.39, 0.29) is 6.61 Å². The lowest BCUT2D eigenvalue weighted by atomic mass is 9.96. The number of aliphatic hydroxyl groups excluding tert-OH is 13. The highest BCUT2D eigenvalue weighted by Gasteiger charge is 2.55. The highest BCUT2D eigenvalue weighted by Crippen LogP contribution is 2.40. The normalized spacial score (nSPS) is 47.4. The Morgan fingerprint density at radius 2 is 0.962 bits per heavy atom. The molecule has 4 fully saturated rings. The van der Waals surface area contributed by atoms with Crippen LogP contribution in [0.15, 0.2) is 0 Å². The molecule has 4 saturated heterocycles. The molecule has 21 nitrogen and oxygen atoms in total. The molecule has 0 amide bonds. The van der Waals surface area contributed by atoms with Crippen molar-refractivity contribution < 1.29 is 99.5 Å². The zero-order chi connectivity index (χ0) is 38.3. The predicted molar refractivity (Wildman–Crippen MR) is 175 cm³/mol. The zero-order valence-electron chi connectivity index (χ0n) is 28.0. The Hall–Kier alpha value is -0.140. The van der Waals surface area contributed by atoms with Gasteiger partial charge in [-0.1, -0.05) is 0 Å². The zero-order valence-corrected chi connectivity index (χ0v) is 29.6. The largest absolute Gasteiger partial charge is 0.394 e. The molecule has 306 valence electrons. The van der Waals surface area contributed by atoms with Gasteiger partial charge in [0.05, 0.1) is 44.4 Å². The van der Waals surface area contributed by atoms with Crippen molar-refractivity contribution in [2.24, 2.45) is 5.73 Å². The monoisotopic (exact) mass is 799 g/mol. The molecule has 0 unspecified atom stereocenters. The van der Waals surface area contributed by atoms with Crippen LogP contribution in [0.2, 0.25) is 0 Å². The van der Waals surface area contributed by atoms with E-state index < -0.39 is 148 Å². The first-order chi connectivity index (χ1) is 24.8. The lowest BCUT2D eigenvalue weighted by molar-refractivity contribution is -0.385. The van der Waals surface area contributed by atoms with Crippen molar-refractivity contribution in [3.8, 4) is 0 Å². The standard InChI is InChI=1S/C29H53NO20S2/c30-2-5-51-4-1-3-44-26-23(19(40)15(36)10(6-31)45-26)49-27-24(20(41)16(37)11(7-32)46-27)50-28-25(21(42)17(38)12(8-33)47-28)52-29-22(43)18(39)14(35)13(9-34)48-29/h10-29,31-43H,1-9,30H2/t10-,11-,12-,13-,14-,15-,16-,17-,18+,19+,20+,21+,22+,23+,24+,25+,26-,27+,28+,29+/m1/s1. The van der Waals surface area contributed by atoms with Crippen LogP contribution in [0.4, 0.5) is 0 Å². The third-order valence-corrected chi connectivity index (χ3v) is 11.7. The van der Waals surface area contributed by atoms with Crippen LogP contribution < -0.4 is 5.73 Å². The Balaban J connectivity index is 1.60. The maximum atomic E-state index is 11.3. The number of aliphatic hydroxyl groups is 13. The molecule has 4 aliphatic heterocycles. The van der Waals surface area contributed by atoms with Crippen molar-refractivity contribution in [1.82, 2.24) is 0 Å². The van der Waals surface area contributed by atoms with E-state index >= 15 is 0 Å². The third kappa shape index (κ3) is 10.2. The predicted octanol–water partition coefficient (Wildman–Crippen LogP) is -7.93. The molecule has 0 aromatic rings. The Morgan fingerprint density at radius 3 is 1.52 bits per heavy atom. The SMILES string of the molecule is NCCSCCCO[C@@H]1O[C@H](CO)[C@@H](O)[C@H](O)[C@@H]1O[C@@H]1O[C@H](CO)[C@@H](O)[C@H](O)[C@@H]1O[C@@H]1O[C@H](CO)[C@@H](O)[C@H](O)[C@@H]1S[C@@H]1O[C@H](CO)[C@@H](O)[C@H](O)[C@@H]1O. The second kappa shape index (κ2) is 20.9. The lowest BCUT2D eigenvalue weighted by Gasteiger charge is -2.49. The highest BCUT2D eigenvalue weighted by molar-refractivity contribution is 8.00. The smallest absolute Gasteiger partial charge is 0.187 e. The van der Waals surface area contributed by atoms with Gasteiger partial charge in [-0.15, -0.1) is 11.8 Å². The number of hydrogen-bond donors (Lipinski definition) is 14. The fraction of sp³-hybridized carbons (Fsp3) is 1.00. The average Bonchev–Trinajstić information content (AvgIpc) is 3.14. The van der Waals surface area contributed by atoms with Gasteiger partial charge in [-0.3, -0.25) is 0 Å². The minimum Gasteiger partial charge on any atom is -0.394 e. The van der Waals surface area contributed by atoms with Crippen LogP contribution in [-0.2, 0) is 33.2 Å². The summed E-state index contributed by atoms with van der Waals surface area (Å²) in [5.41, 5.74) is 4.04. The molecule has 0 spiro atoms. The minimum atomic E-state index is -1.95. The first-order valence-corrected chi connectivity index (χ1v) is 19.0. The Labute approximate surface area is 307 Å². The van der Waals surface area contributed by atoms with E-state index in [9.17, 15) is 66.4 Å². The molecular formula is C29H53NO20S2. The van der Waals surface area contributed by atoms with Gasteiger partial charge in [0.1, 0.15) is 90.9 Å². The Kier molecular flexibility index (Phi) is 17.9. The maximum Gasteiger partial charge on any atom is 0.187 e. The summed E-state index contributed by atoms with van der Waals surface area (Å²) in [6.07, 6.45) is -29.7. The Bertz CT molecular complexity index is 1050. The van der Waals surface area contributed by atoms with Crippen LogP contribution in [0.3, 0.4) is 0 Å². The quantitative estimate of drug-likeness (QED) is 0.0608. The van der Waals surface area contributed by atoms with Gasteiger partial charge in [-0.05, 0) is 12.2 Å². The molecule has 0 saturated carbocycles. The molecule has 4 heterocycles. The highest BCUT2D eigenvalue weighted by atomic mass is 32.2. The van der Waals surface area contributed by atoms with Crippen LogP contribution in [0.25, 0.3) is 0 Å². The molecule has 0 bridgehead atoms. The topological polar surface area (TPSA) is 354 Å². The van der Waals surface area contributed by atoms with Gasteiger partial charge in [0.25, 0.3) is 0 Å². The second-order valence-electron chi connectivity index (χ2n) is 12.7. The van der Waals surface area contributed by atoms with Crippen LogP contribution in [-0.4, -0.2) is 239 Å². The van der Waals surface area contributed by atoms with E-state index in [1.54, 1.807) is 11.8 Å². The molecular weight excluding hydrogens is 746 g/mol. The molecule has 0 radical (unpaired) electrons. The van der Waals surface area contributed by atoms with Gasteiger partial charge >= 0.3 is 0 Å². The maximum absolute atomic E-state index is 11.3. The van der Waals surface area contributed by atoms with Gasteiger partial charge in [-0.25, -0.2) is 0 Å². The molecule has 23 heteroatoms. The molecule has 0 aliphatic carbocycles. The molecule has 4 aliphatic rings. The van der Waals surface area contributed by atoms with E-state index in [0.717, 1.165) is 0 Å². The summed E-state index contributed by atoms with van der Waals surface area (Å²) >= 11 is 2.12. The van der Waals surface area contributed by atoms with E-state index in [0.29, 0.717) is 36.2 Å². The van der Waals surface area contributed by atoms with Crippen molar-refractivity contribution in [2.75, 3.05) is 51.1 Å². The summed E-state index contributed by atoms with van der Waals surface area (Å²) in [6.45, 7) is -2.59. The van der Waals surface area contributed by atoms with E-state index in [1.165, 1.54) is 0 Å². The van der Waals surface area contributed by atoms with Gasteiger partial charge in [0.15, 0.2) is 18.9 Å².